The number of nitrogens with one attached hydrogen (secondary N) is 1. The van der Waals surface area contributed by atoms with Gasteiger partial charge in [-0.05, 0) is 24.3 Å². The number of nitrogens with zero attached hydrogens (tertiary/aromatic N) is 1. The molecule has 0 bridgehead atoms. The second kappa shape index (κ2) is 4.90. The predicted octanol–water partition coefficient (Wildman–Crippen LogP) is 3.67. The molecule has 1 fully saturated rings. The van der Waals surface area contributed by atoms with E-state index in [4.69, 9.17) is 5.73 Å². The summed E-state index contributed by atoms with van der Waals surface area (Å²) < 4.78 is 37.8. The number of alkyl halides is 3. The third-order valence-corrected chi connectivity index (χ3v) is 3.74. The maximum atomic E-state index is 12.6. The summed E-state index contributed by atoms with van der Waals surface area (Å²) in [5.74, 6) is 0. The first-order chi connectivity index (χ1) is 8.80. The number of aromatic nitrogens is 1. The monoisotopic (exact) mass is 273 g/mol. The molecule has 0 saturated heterocycles. The van der Waals surface area contributed by atoms with Crippen LogP contribution in [0.3, 0.4) is 0 Å². The highest BCUT2D eigenvalue weighted by molar-refractivity contribution is 5.65. The van der Waals surface area contributed by atoms with Crippen molar-refractivity contribution < 1.29 is 13.2 Å². The third kappa shape index (κ3) is 3.30. The van der Waals surface area contributed by atoms with Crippen molar-refractivity contribution in [2.75, 3.05) is 17.6 Å². The van der Waals surface area contributed by atoms with Gasteiger partial charge >= 0.3 is 6.18 Å². The molecule has 19 heavy (non-hydrogen) atoms. The minimum Gasteiger partial charge on any atom is -0.396 e. The van der Waals surface area contributed by atoms with Crippen LogP contribution in [0.2, 0.25) is 0 Å². The molecule has 0 radical (unpaired) electrons. The first-order valence-electron chi connectivity index (χ1n) is 6.37. The van der Waals surface area contributed by atoms with E-state index in [0.717, 1.165) is 25.1 Å². The van der Waals surface area contributed by atoms with Gasteiger partial charge in [-0.1, -0.05) is 19.8 Å². The molecule has 1 aromatic heterocycles. The molecule has 2 rings (SSSR count). The van der Waals surface area contributed by atoms with E-state index in [-0.39, 0.29) is 11.1 Å². The fourth-order valence-electron chi connectivity index (χ4n) is 2.49. The first kappa shape index (κ1) is 14.0. The molecule has 0 atom stereocenters. The molecule has 0 spiro atoms. The van der Waals surface area contributed by atoms with E-state index >= 15 is 0 Å². The molecule has 106 valence electrons. The SMILES string of the molecule is CC1(CNc2cc(C(F)(F)F)ncc2N)CCCC1. The molecular weight excluding hydrogens is 255 g/mol. The van der Waals surface area contributed by atoms with Gasteiger partial charge in [-0.2, -0.15) is 13.2 Å². The molecule has 0 aromatic carbocycles. The Balaban J connectivity index is 2.11. The lowest BCUT2D eigenvalue weighted by molar-refractivity contribution is -0.141. The van der Waals surface area contributed by atoms with Gasteiger partial charge in [0.25, 0.3) is 0 Å². The fourth-order valence-corrected chi connectivity index (χ4v) is 2.49. The van der Waals surface area contributed by atoms with Crippen LogP contribution in [0.1, 0.15) is 38.3 Å². The Bertz CT molecular complexity index is 451. The van der Waals surface area contributed by atoms with Crippen molar-refractivity contribution >= 4 is 11.4 Å². The number of nitrogens with two attached hydrogens (primary N) is 1. The summed E-state index contributed by atoms with van der Waals surface area (Å²) >= 11 is 0. The van der Waals surface area contributed by atoms with E-state index in [9.17, 15) is 13.2 Å². The first-order valence-corrected chi connectivity index (χ1v) is 6.37. The lowest BCUT2D eigenvalue weighted by Gasteiger charge is -2.25. The van der Waals surface area contributed by atoms with E-state index < -0.39 is 11.9 Å². The number of pyridine rings is 1. The summed E-state index contributed by atoms with van der Waals surface area (Å²) in [6.07, 6.45) is 1.16. The average Bonchev–Trinajstić information content (AvgIpc) is 2.74. The highest BCUT2D eigenvalue weighted by Gasteiger charge is 2.33. The normalized spacial score (nSPS) is 18.5. The molecule has 1 heterocycles. The van der Waals surface area contributed by atoms with Crippen LogP contribution in [0.4, 0.5) is 24.5 Å². The van der Waals surface area contributed by atoms with Crippen LogP contribution in [-0.4, -0.2) is 11.5 Å². The number of hydrogen-bond donors (Lipinski definition) is 2. The van der Waals surface area contributed by atoms with Gasteiger partial charge in [0, 0.05) is 6.54 Å². The second-order valence-corrected chi connectivity index (χ2v) is 5.53. The van der Waals surface area contributed by atoms with E-state index in [1.54, 1.807) is 0 Å². The van der Waals surface area contributed by atoms with Crippen molar-refractivity contribution in [3.8, 4) is 0 Å². The fraction of sp³-hybridized carbons (Fsp3) is 0.615. The molecule has 0 aliphatic heterocycles. The van der Waals surface area contributed by atoms with Gasteiger partial charge in [0.05, 0.1) is 17.6 Å². The maximum Gasteiger partial charge on any atom is 0.433 e. The zero-order chi connectivity index (χ0) is 14.1. The number of nitrogen functional groups attached to an aromatic ring is 1. The largest absolute Gasteiger partial charge is 0.433 e. The molecule has 0 amide bonds. The molecule has 1 aromatic rings. The molecule has 0 unspecified atom stereocenters. The lowest BCUT2D eigenvalue weighted by Crippen LogP contribution is -2.23. The summed E-state index contributed by atoms with van der Waals surface area (Å²) in [6, 6.07) is 0.980. The highest BCUT2D eigenvalue weighted by Crippen LogP contribution is 2.38. The Labute approximate surface area is 110 Å². The van der Waals surface area contributed by atoms with Gasteiger partial charge in [-0.3, -0.25) is 0 Å². The van der Waals surface area contributed by atoms with Gasteiger partial charge in [0.1, 0.15) is 5.69 Å². The Hall–Kier alpha value is -1.46. The predicted molar refractivity (Wildman–Crippen MR) is 68.7 cm³/mol. The van der Waals surface area contributed by atoms with Crippen LogP contribution in [-0.2, 0) is 6.18 Å². The van der Waals surface area contributed by atoms with Crippen molar-refractivity contribution in [2.45, 2.75) is 38.8 Å². The van der Waals surface area contributed by atoms with E-state index in [0.29, 0.717) is 12.2 Å². The van der Waals surface area contributed by atoms with Crippen molar-refractivity contribution in [3.63, 3.8) is 0 Å². The van der Waals surface area contributed by atoms with Gasteiger partial charge in [0.15, 0.2) is 0 Å². The smallest absolute Gasteiger partial charge is 0.396 e. The minimum atomic E-state index is -4.44. The zero-order valence-electron chi connectivity index (χ0n) is 10.8. The number of rotatable bonds is 3. The van der Waals surface area contributed by atoms with Crippen LogP contribution in [0.15, 0.2) is 12.3 Å². The van der Waals surface area contributed by atoms with Crippen molar-refractivity contribution in [3.05, 3.63) is 18.0 Å². The minimum absolute atomic E-state index is 0.147. The van der Waals surface area contributed by atoms with E-state index in [1.807, 2.05) is 0 Å². The molecule has 3 nitrogen and oxygen atoms in total. The summed E-state index contributed by atoms with van der Waals surface area (Å²) in [5.41, 5.74) is 5.46. The number of halogens is 3. The molecule has 1 aliphatic rings. The maximum absolute atomic E-state index is 12.6. The Morgan fingerprint density at radius 3 is 2.58 bits per heavy atom. The number of anilines is 2. The van der Waals surface area contributed by atoms with Gasteiger partial charge < -0.3 is 11.1 Å². The van der Waals surface area contributed by atoms with Crippen LogP contribution in [0.25, 0.3) is 0 Å². The molecule has 6 heteroatoms. The topological polar surface area (TPSA) is 50.9 Å². The standard InChI is InChI=1S/C13H18F3N3/c1-12(4-2-3-5-12)8-19-10-6-11(13(14,15)16)18-7-9(10)17/h6-7H,2-5,8,17H2,1H3,(H,18,19). The van der Waals surface area contributed by atoms with Crippen LogP contribution in [0, 0.1) is 5.41 Å². The van der Waals surface area contributed by atoms with Crippen LogP contribution < -0.4 is 11.1 Å². The summed E-state index contributed by atoms with van der Waals surface area (Å²) in [4.78, 5) is 3.32. The van der Waals surface area contributed by atoms with Gasteiger partial charge in [-0.25, -0.2) is 4.98 Å². The average molecular weight is 273 g/mol. The van der Waals surface area contributed by atoms with Crippen molar-refractivity contribution in [1.82, 2.24) is 4.98 Å². The third-order valence-electron chi connectivity index (χ3n) is 3.74. The van der Waals surface area contributed by atoms with Crippen LogP contribution >= 0.6 is 0 Å². The second-order valence-electron chi connectivity index (χ2n) is 5.53. The summed E-state index contributed by atoms with van der Waals surface area (Å²) in [7, 11) is 0. The van der Waals surface area contributed by atoms with Crippen LogP contribution in [0.5, 0.6) is 0 Å². The molecular formula is C13H18F3N3. The van der Waals surface area contributed by atoms with E-state index in [2.05, 4.69) is 17.2 Å². The molecule has 1 aliphatic carbocycles. The van der Waals surface area contributed by atoms with Crippen molar-refractivity contribution in [2.24, 2.45) is 5.41 Å². The Kier molecular flexibility index (Phi) is 3.60. The summed E-state index contributed by atoms with van der Waals surface area (Å²) in [6.45, 7) is 2.79. The molecule has 3 N–H and O–H groups in total. The van der Waals surface area contributed by atoms with Gasteiger partial charge in [-0.15, -0.1) is 0 Å². The number of hydrogen-bond acceptors (Lipinski definition) is 3. The highest BCUT2D eigenvalue weighted by atomic mass is 19.4. The Morgan fingerprint density at radius 1 is 1.37 bits per heavy atom. The Morgan fingerprint density at radius 2 is 2.00 bits per heavy atom. The summed E-state index contributed by atoms with van der Waals surface area (Å²) in [5, 5.41) is 3.04. The lowest BCUT2D eigenvalue weighted by atomic mass is 9.89. The quantitative estimate of drug-likeness (QED) is 0.883. The van der Waals surface area contributed by atoms with Crippen molar-refractivity contribution in [1.29, 1.82) is 0 Å². The van der Waals surface area contributed by atoms with E-state index in [1.165, 1.54) is 12.8 Å². The molecule has 1 saturated carbocycles. The zero-order valence-corrected chi connectivity index (χ0v) is 10.8. The van der Waals surface area contributed by atoms with Gasteiger partial charge in [0.2, 0.25) is 0 Å².